The number of nitrogens with zero attached hydrogens (tertiary/aromatic N) is 1. The van der Waals surface area contributed by atoms with E-state index in [1.54, 1.807) is 13.0 Å². The summed E-state index contributed by atoms with van der Waals surface area (Å²) in [6, 6.07) is 7.29. The number of aliphatic hydroxyl groups excluding tert-OH is 2. The van der Waals surface area contributed by atoms with Crippen LogP contribution in [0, 0.1) is 18.8 Å². The van der Waals surface area contributed by atoms with E-state index in [0.717, 1.165) is 16.7 Å². The third-order valence-electron chi connectivity index (χ3n) is 4.56. The van der Waals surface area contributed by atoms with E-state index >= 15 is 0 Å². The summed E-state index contributed by atoms with van der Waals surface area (Å²) in [5.41, 5.74) is 2.52. The summed E-state index contributed by atoms with van der Waals surface area (Å²) in [5, 5.41) is 30.4. The summed E-state index contributed by atoms with van der Waals surface area (Å²) >= 11 is 0. The van der Waals surface area contributed by atoms with Crippen LogP contribution in [0.25, 0.3) is 5.57 Å². The van der Waals surface area contributed by atoms with Gasteiger partial charge in [-0.1, -0.05) is 18.2 Å². The Balaban J connectivity index is 0.000000925. The first-order chi connectivity index (χ1) is 11.0. The van der Waals surface area contributed by atoms with E-state index in [9.17, 15) is 20.1 Å². The van der Waals surface area contributed by atoms with Crippen LogP contribution in [0.5, 0.6) is 0 Å². The zero-order valence-electron chi connectivity index (χ0n) is 14.0. The Morgan fingerprint density at radius 3 is 2.67 bits per heavy atom. The molecule has 1 saturated heterocycles. The molecular weight excluding hydrogens is 317 g/mol. The predicted molar refractivity (Wildman–Crippen MR) is 84.5 cm³/mol. The fourth-order valence-corrected chi connectivity index (χ4v) is 3.40. The van der Waals surface area contributed by atoms with Crippen molar-refractivity contribution in [2.75, 3.05) is 6.54 Å². The number of rotatable bonds is 4. The Morgan fingerprint density at radius 2 is 2.12 bits per heavy atom. The molecule has 3 rings (SSSR count). The quantitative estimate of drug-likeness (QED) is 0.451. The molecule has 0 radical (unpaired) electrons. The van der Waals surface area contributed by atoms with Crippen molar-refractivity contribution in [3.05, 3.63) is 41.1 Å². The second-order valence-electron chi connectivity index (χ2n) is 5.80. The SMILES string of the molecule is C#C.CC(O)C1CN2C(C(=O)[O-])=C(c3cccc(CO)c3)CC12.[Na+]. The molecular formula is C18H20NNaO4. The largest absolute Gasteiger partial charge is 1.00 e. The fourth-order valence-electron chi connectivity index (χ4n) is 3.40. The van der Waals surface area contributed by atoms with E-state index in [0.29, 0.717) is 13.0 Å². The molecule has 2 aliphatic heterocycles. The van der Waals surface area contributed by atoms with E-state index in [2.05, 4.69) is 12.8 Å². The van der Waals surface area contributed by atoms with Gasteiger partial charge in [-0.2, -0.15) is 0 Å². The molecule has 2 N–H and O–H groups in total. The third kappa shape index (κ3) is 3.69. The van der Waals surface area contributed by atoms with Crippen molar-refractivity contribution in [1.29, 1.82) is 0 Å². The summed E-state index contributed by atoms with van der Waals surface area (Å²) < 4.78 is 0. The molecule has 3 unspecified atom stereocenters. The van der Waals surface area contributed by atoms with Crippen molar-refractivity contribution in [2.24, 2.45) is 5.92 Å². The molecule has 6 heteroatoms. The van der Waals surface area contributed by atoms with Gasteiger partial charge in [0.25, 0.3) is 0 Å². The molecule has 0 spiro atoms. The Hall–Kier alpha value is -1.29. The average molecular weight is 337 g/mol. The minimum atomic E-state index is -1.18. The van der Waals surface area contributed by atoms with Crippen LogP contribution in [0.15, 0.2) is 30.0 Å². The van der Waals surface area contributed by atoms with Gasteiger partial charge in [-0.15, -0.1) is 12.8 Å². The number of terminal acetylenes is 1. The monoisotopic (exact) mass is 337 g/mol. The Bertz CT molecular complexity index is 653. The zero-order valence-corrected chi connectivity index (χ0v) is 16.0. The van der Waals surface area contributed by atoms with Gasteiger partial charge in [-0.25, -0.2) is 0 Å². The summed E-state index contributed by atoms with van der Waals surface area (Å²) in [7, 11) is 0. The maximum atomic E-state index is 11.5. The number of hydrogen-bond donors (Lipinski definition) is 2. The average Bonchev–Trinajstić information content (AvgIpc) is 2.82. The molecule has 0 saturated carbocycles. The summed E-state index contributed by atoms with van der Waals surface area (Å²) in [5.74, 6) is -1.08. The minimum absolute atomic E-state index is 0. The summed E-state index contributed by atoms with van der Waals surface area (Å²) in [6.45, 7) is 2.21. The summed E-state index contributed by atoms with van der Waals surface area (Å²) in [6.07, 6.45) is 8.14. The van der Waals surface area contributed by atoms with E-state index in [1.165, 1.54) is 0 Å². The maximum Gasteiger partial charge on any atom is 1.00 e. The van der Waals surface area contributed by atoms with Gasteiger partial charge < -0.3 is 25.0 Å². The second-order valence-corrected chi connectivity index (χ2v) is 5.80. The molecule has 2 aliphatic rings. The number of benzene rings is 1. The van der Waals surface area contributed by atoms with Gasteiger partial charge in [0.05, 0.1) is 24.4 Å². The Kier molecular flexibility index (Phi) is 7.53. The van der Waals surface area contributed by atoms with Crippen LogP contribution < -0.4 is 34.7 Å². The molecule has 2 heterocycles. The molecule has 0 bridgehead atoms. The standard InChI is InChI=1S/C16H19NO4.C2H2.Na/c1-9(19)13-7-17-14(13)6-12(15(17)16(20)21)11-4-2-3-10(5-11)8-18;1-2;/h2-5,9,13-14,18-19H,6-8H2,1H3,(H,20,21);1-2H;/q;;+1/p-1. The minimum Gasteiger partial charge on any atom is -0.543 e. The fraction of sp³-hybridized carbons (Fsp3) is 0.389. The van der Waals surface area contributed by atoms with Gasteiger partial charge in [0.15, 0.2) is 0 Å². The first-order valence-corrected chi connectivity index (χ1v) is 7.45. The first-order valence-electron chi connectivity index (χ1n) is 7.45. The number of carboxylic acids is 1. The molecule has 0 aliphatic carbocycles. The van der Waals surface area contributed by atoms with Crippen LogP contribution in [0.4, 0.5) is 0 Å². The number of aliphatic carboxylic acids is 1. The van der Waals surface area contributed by atoms with E-state index in [1.807, 2.05) is 23.1 Å². The number of aliphatic hydroxyl groups is 2. The number of carboxylic acid groups (broad SMARTS) is 1. The molecule has 1 aromatic rings. The van der Waals surface area contributed by atoms with Crippen LogP contribution >= 0.6 is 0 Å². The van der Waals surface area contributed by atoms with Gasteiger partial charge in [-0.05, 0) is 36.1 Å². The van der Waals surface area contributed by atoms with Gasteiger partial charge in [0.2, 0.25) is 0 Å². The Morgan fingerprint density at radius 1 is 1.46 bits per heavy atom. The molecule has 0 amide bonds. The van der Waals surface area contributed by atoms with Crippen LogP contribution in [-0.2, 0) is 11.4 Å². The molecule has 122 valence electrons. The van der Waals surface area contributed by atoms with Crippen molar-refractivity contribution in [3.8, 4) is 12.8 Å². The number of carbonyl (C=O) groups excluding carboxylic acids is 1. The third-order valence-corrected chi connectivity index (χ3v) is 4.56. The summed E-state index contributed by atoms with van der Waals surface area (Å²) in [4.78, 5) is 13.3. The molecule has 3 atom stereocenters. The number of hydrogen-bond acceptors (Lipinski definition) is 5. The molecule has 1 aromatic carbocycles. The maximum absolute atomic E-state index is 11.5. The first kappa shape index (κ1) is 20.8. The van der Waals surface area contributed by atoms with E-state index in [-0.39, 0.29) is 53.8 Å². The van der Waals surface area contributed by atoms with Crippen molar-refractivity contribution >= 4 is 11.5 Å². The smallest absolute Gasteiger partial charge is 0.543 e. The second kappa shape index (κ2) is 8.70. The molecule has 24 heavy (non-hydrogen) atoms. The van der Waals surface area contributed by atoms with Gasteiger partial charge in [0.1, 0.15) is 0 Å². The van der Waals surface area contributed by atoms with Gasteiger partial charge in [-0.3, -0.25) is 0 Å². The number of carbonyl (C=O) groups is 1. The normalized spacial score (nSPS) is 22.5. The van der Waals surface area contributed by atoms with Crippen molar-refractivity contribution in [2.45, 2.75) is 32.1 Å². The van der Waals surface area contributed by atoms with Gasteiger partial charge >= 0.3 is 29.6 Å². The van der Waals surface area contributed by atoms with Crippen LogP contribution in [-0.4, -0.2) is 39.8 Å². The van der Waals surface area contributed by atoms with Gasteiger partial charge in [0, 0.05) is 18.5 Å². The van der Waals surface area contributed by atoms with Crippen LogP contribution in [0.2, 0.25) is 0 Å². The van der Waals surface area contributed by atoms with Crippen molar-refractivity contribution in [3.63, 3.8) is 0 Å². The Labute approximate surface area is 164 Å². The number of fused-ring (bicyclic) bond motifs is 1. The zero-order chi connectivity index (χ0) is 17.1. The van der Waals surface area contributed by atoms with E-state index in [4.69, 9.17) is 0 Å². The van der Waals surface area contributed by atoms with Crippen molar-refractivity contribution < 1.29 is 49.7 Å². The molecule has 0 aromatic heterocycles. The van der Waals surface area contributed by atoms with Crippen LogP contribution in [0.3, 0.4) is 0 Å². The van der Waals surface area contributed by atoms with Crippen LogP contribution in [0.1, 0.15) is 24.5 Å². The topological polar surface area (TPSA) is 83.8 Å². The molecule has 5 nitrogen and oxygen atoms in total. The predicted octanol–water partition coefficient (Wildman–Crippen LogP) is -3.02. The van der Waals surface area contributed by atoms with Crippen molar-refractivity contribution in [1.82, 2.24) is 4.90 Å². The van der Waals surface area contributed by atoms with E-state index < -0.39 is 12.1 Å². The molecule has 1 fully saturated rings.